The molecule has 27 heavy (non-hydrogen) atoms. The van der Waals surface area contributed by atoms with E-state index in [4.69, 9.17) is 0 Å². The van der Waals surface area contributed by atoms with Gasteiger partial charge in [-0.25, -0.2) is 4.98 Å². The molecule has 1 N–H and O–H groups in total. The van der Waals surface area contributed by atoms with E-state index in [0.717, 1.165) is 56.0 Å². The van der Waals surface area contributed by atoms with Crippen molar-refractivity contribution in [2.75, 3.05) is 32.7 Å². The number of amides is 1. The number of piperazine rings is 1. The van der Waals surface area contributed by atoms with Gasteiger partial charge in [-0.3, -0.25) is 9.69 Å². The van der Waals surface area contributed by atoms with Crippen molar-refractivity contribution in [3.63, 3.8) is 0 Å². The Balaban J connectivity index is 1.21. The molecule has 1 amide bonds. The second-order valence-corrected chi connectivity index (χ2v) is 7.16. The van der Waals surface area contributed by atoms with Crippen molar-refractivity contribution in [2.45, 2.75) is 19.3 Å². The molecule has 1 aromatic heterocycles. The standard InChI is InChI=1S/C22H26N4O/c27-22(11-10-21-23-19-8-4-5-9-20(19)24-21)26-16-14-25(15-17-26)13-12-18-6-2-1-3-7-18/h1-9H,10-17H2,(H,23,24). The van der Waals surface area contributed by atoms with Gasteiger partial charge in [-0.05, 0) is 24.1 Å². The number of hydrogen-bond donors (Lipinski definition) is 1. The molecule has 0 unspecified atom stereocenters. The average Bonchev–Trinajstić information content (AvgIpc) is 3.15. The number of carbonyl (C=O) groups is 1. The highest BCUT2D eigenvalue weighted by atomic mass is 16.2. The van der Waals surface area contributed by atoms with Crippen LogP contribution in [0.5, 0.6) is 0 Å². The van der Waals surface area contributed by atoms with Crippen LogP contribution in [-0.2, 0) is 17.6 Å². The van der Waals surface area contributed by atoms with Crippen molar-refractivity contribution in [1.29, 1.82) is 0 Å². The van der Waals surface area contributed by atoms with E-state index in [-0.39, 0.29) is 5.91 Å². The highest BCUT2D eigenvalue weighted by molar-refractivity contribution is 5.77. The van der Waals surface area contributed by atoms with Gasteiger partial charge in [-0.1, -0.05) is 42.5 Å². The Kier molecular flexibility index (Phi) is 5.49. The smallest absolute Gasteiger partial charge is 0.223 e. The minimum atomic E-state index is 0.234. The summed E-state index contributed by atoms with van der Waals surface area (Å²) in [4.78, 5) is 24.9. The second kappa shape index (κ2) is 8.35. The third kappa shape index (κ3) is 4.55. The summed E-state index contributed by atoms with van der Waals surface area (Å²) in [5.41, 5.74) is 3.38. The van der Waals surface area contributed by atoms with Crippen molar-refractivity contribution in [1.82, 2.24) is 19.8 Å². The molecule has 1 saturated heterocycles. The molecule has 0 aliphatic carbocycles. The maximum absolute atomic E-state index is 12.5. The summed E-state index contributed by atoms with van der Waals surface area (Å²) in [6.45, 7) is 4.64. The maximum atomic E-state index is 12.5. The zero-order chi connectivity index (χ0) is 18.5. The first kappa shape index (κ1) is 17.7. The lowest BCUT2D eigenvalue weighted by atomic mass is 10.1. The van der Waals surface area contributed by atoms with Gasteiger partial charge in [0.05, 0.1) is 11.0 Å². The van der Waals surface area contributed by atoms with Crippen molar-refractivity contribution >= 4 is 16.9 Å². The number of rotatable bonds is 6. The SMILES string of the molecule is O=C(CCc1nc2ccccc2[nH]1)N1CCN(CCc2ccccc2)CC1. The lowest BCUT2D eigenvalue weighted by Gasteiger charge is -2.34. The van der Waals surface area contributed by atoms with Gasteiger partial charge in [0.25, 0.3) is 0 Å². The quantitative estimate of drug-likeness (QED) is 0.734. The summed E-state index contributed by atoms with van der Waals surface area (Å²) in [6.07, 6.45) is 2.26. The summed E-state index contributed by atoms with van der Waals surface area (Å²) >= 11 is 0. The highest BCUT2D eigenvalue weighted by Crippen LogP contribution is 2.12. The Morgan fingerprint density at radius 1 is 0.926 bits per heavy atom. The van der Waals surface area contributed by atoms with Crippen LogP contribution in [0, 0.1) is 0 Å². The number of fused-ring (bicyclic) bond motifs is 1. The lowest BCUT2D eigenvalue weighted by molar-refractivity contribution is -0.132. The summed E-state index contributed by atoms with van der Waals surface area (Å²) in [5.74, 6) is 1.13. The van der Waals surface area contributed by atoms with Crippen LogP contribution >= 0.6 is 0 Å². The number of carbonyl (C=O) groups excluding carboxylic acids is 1. The zero-order valence-electron chi connectivity index (χ0n) is 15.6. The number of aromatic amines is 1. The van der Waals surface area contributed by atoms with E-state index < -0.39 is 0 Å². The first-order chi connectivity index (χ1) is 13.3. The van der Waals surface area contributed by atoms with Crippen LogP contribution in [0.3, 0.4) is 0 Å². The van der Waals surface area contributed by atoms with E-state index in [1.54, 1.807) is 0 Å². The largest absolute Gasteiger partial charge is 0.342 e. The average molecular weight is 362 g/mol. The van der Waals surface area contributed by atoms with Gasteiger partial charge in [-0.2, -0.15) is 0 Å². The number of aryl methyl sites for hydroxylation is 1. The van der Waals surface area contributed by atoms with Crippen LogP contribution in [0.4, 0.5) is 0 Å². The molecule has 0 bridgehead atoms. The van der Waals surface area contributed by atoms with Crippen LogP contribution < -0.4 is 0 Å². The van der Waals surface area contributed by atoms with Crippen LogP contribution in [0.2, 0.25) is 0 Å². The molecule has 2 aromatic carbocycles. The number of para-hydroxylation sites is 2. The number of nitrogens with one attached hydrogen (secondary N) is 1. The Morgan fingerprint density at radius 2 is 1.67 bits per heavy atom. The molecule has 2 heterocycles. The second-order valence-electron chi connectivity index (χ2n) is 7.16. The first-order valence-electron chi connectivity index (χ1n) is 9.75. The Labute approximate surface area is 160 Å². The van der Waals surface area contributed by atoms with Crippen LogP contribution in [0.15, 0.2) is 54.6 Å². The molecular weight excluding hydrogens is 336 g/mol. The normalized spacial score (nSPS) is 15.3. The summed E-state index contributed by atoms with van der Waals surface area (Å²) < 4.78 is 0. The van der Waals surface area contributed by atoms with Gasteiger partial charge in [0.2, 0.25) is 5.91 Å². The van der Waals surface area contributed by atoms with E-state index in [1.165, 1.54) is 5.56 Å². The monoisotopic (exact) mass is 362 g/mol. The molecule has 0 spiro atoms. The predicted octanol–water partition coefficient (Wildman–Crippen LogP) is 2.88. The fourth-order valence-corrected chi connectivity index (χ4v) is 3.66. The minimum absolute atomic E-state index is 0.234. The number of nitrogens with zero attached hydrogens (tertiary/aromatic N) is 3. The van der Waals surface area contributed by atoms with E-state index >= 15 is 0 Å². The van der Waals surface area contributed by atoms with E-state index in [0.29, 0.717) is 12.8 Å². The maximum Gasteiger partial charge on any atom is 0.223 e. The van der Waals surface area contributed by atoms with Crippen molar-refractivity contribution in [2.24, 2.45) is 0 Å². The van der Waals surface area contributed by atoms with Gasteiger partial charge in [-0.15, -0.1) is 0 Å². The molecule has 1 aliphatic heterocycles. The van der Waals surface area contributed by atoms with Gasteiger partial charge in [0, 0.05) is 45.6 Å². The third-order valence-corrected chi connectivity index (χ3v) is 5.30. The van der Waals surface area contributed by atoms with Gasteiger partial charge < -0.3 is 9.88 Å². The van der Waals surface area contributed by atoms with Crippen LogP contribution in [0.25, 0.3) is 11.0 Å². The molecule has 1 fully saturated rings. The third-order valence-electron chi connectivity index (χ3n) is 5.30. The number of aromatic nitrogens is 2. The molecule has 3 aromatic rings. The van der Waals surface area contributed by atoms with Gasteiger partial charge in [0.1, 0.15) is 5.82 Å². The molecule has 0 saturated carbocycles. The van der Waals surface area contributed by atoms with Crippen molar-refractivity contribution in [3.8, 4) is 0 Å². The molecule has 5 nitrogen and oxygen atoms in total. The van der Waals surface area contributed by atoms with Gasteiger partial charge in [0.15, 0.2) is 0 Å². The topological polar surface area (TPSA) is 52.2 Å². The summed E-state index contributed by atoms with van der Waals surface area (Å²) in [6, 6.07) is 18.6. The van der Waals surface area contributed by atoms with E-state index in [1.807, 2.05) is 29.2 Å². The molecule has 5 heteroatoms. The number of benzene rings is 2. The molecule has 0 radical (unpaired) electrons. The Bertz CT molecular complexity index is 848. The number of H-pyrrole nitrogens is 1. The number of imidazole rings is 1. The summed E-state index contributed by atoms with van der Waals surface area (Å²) in [7, 11) is 0. The predicted molar refractivity (Wildman–Crippen MR) is 108 cm³/mol. The lowest BCUT2D eigenvalue weighted by Crippen LogP contribution is -2.49. The first-order valence-corrected chi connectivity index (χ1v) is 9.75. The van der Waals surface area contributed by atoms with Crippen molar-refractivity contribution in [3.05, 3.63) is 66.0 Å². The zero-order valence-corrected chi connectivity index (χ0v) is 15.6. The molecule has 1 aliphatic rings. The van der Waals surface area contributed by atoms with Crippen molar-refractivity contribution < 1.29 is 4.79 Å². The Hall–Kier alpha value is -2.66. The van der Waals surface area contributed by atoms with E-state index in [9.17, 15) is 4.79 Å². The molecule has 140 valence electrons. The van der Waals surface area contributed by atoms with Gasteiger partial charge >= 0.3 is 0 Å². The van der Waals surface area contributed by atoms with Crippen LogP contribution in [-0.4, -0.2) is 58.4 Å². The molecule has 0 atom stereocenters. The fraction of sp³-hybridized carbons (Fsp3) is 0.364. The highest BCUT2D eigenvalue weighted by Gasteiger charge is 2.20. The summed E-state index contributed by atoms with van der Waals surface area (Å²) in [5, 5.41) is 0. The Morgan fingerprint density at radius 3 is 2.44 bits per heavy atom. The molecular formula is C22H26N4O. The fourth-order valence-electron chi connectivity index (χ4n) is 3.66. The molecule has 4 rings (SSSR count). The minimum Gasteiger partial charge on any atom is -0.342 e. The van der Waals surface area contributed by atoms with Crippen LogP contribution in [0.1, 0.15) is 17.8 Å². The van der Waals surface area contributed by atoms with E-state index in [2.05, 4.69) is 45.2 Å². The number of hydrogen-bond acceptors (Lipinski definition) is 3.